The zero-order valence-electron chi connectivity index (χ0n) is 26.4. The van der Waals surface area contributed by atoms with Crippen LogP contribution in [0.1, 0.15) is 40.5 Å². The Morgan fingerprint density at radius 1 is 1.09 bits per heavy atom. The number of benzene rings is 2. The number of rotatable bonds is 12. The second kappa shape index (κ2) is 14.0. The van der Waals surface area contributed by atoms with Crippen molar-refractivity contribution in [3.05, 3.63) is 101 Å². The number of carbonyl (C=O) groups excluding carboxylic acids is 4. The molecule has 4 atom stereocenters. The van der Waals surface area contributed by atoms with Gasteiger partial charge in [-0.15, -0.1) is 0 Å². The number of aromatic hydroxyl groups is 1. The van der Waals surface area contributed by atoms with Gasteiger partial charge in [0.15, 0.2) is 0 Å². The van der Waals surface area contributed by atoms with Gasteiger partial charge in [0.25, 0.3) is 0 Å². The summed E-state index contributed by atoms with van der Waals surface area (Å²) in [5.74, 6) is -2.19. The Labute approximate surface area is 272 Å². The first-order valence-corrected chi connectivity index (χ1v) is 15.4. The lowest BCUT2D eigenvalue weighted by Gasteiger charge is -2.24. The number of para-hydroxylation sites is 1. The molecule has 246 valence electrons. The fraction of sp³-hybridized carbons (Fsp3) is 0.314. The Balaban J connectivity index is 1.30. The van der Waals surface area contributed by atoms with Gasteiger partial charge in [0.05, 0.1) is 18.2 Å². The average molecular weight is 641 g/mol. The summed E-state index contributed by atoms with van der Waals surface area (Å²) >= 11 is 0. The first-order valence-electron chi connectivity index (χ1n) is 15.4. The quantitative estimate of drug-likeness (QED) is 0.128. The zero-order chi connectivity index (χ0) is 33.8. The number of likely N-dealkylation sites (tertiary alicyclic amines) is 1. The van der Waals surface area contributed by atoms with E-state index in [4.69, 9.17) is 15.9 Å². The first-order chi connectivity index (χ1) is 22.4. The second-order valence-corrected chi connectivity index (χ2v) is 12.1. The number of amides is 4. The van der Waals surface area contributed by atoms with E-state index >= 15 is 0 Å². The summed E-state index contributed by atoms with van der Waals surface area (Å²) in [5.41, 5.74) is 16.0. The molecule has 12 nitrogen and oxygen atoms in total. The normalized spacial score (nSPS) is 16.4. The molecule has 4 aromatic rings. The van der Waals surface area contributed by atoms with Crippen LogP contribution < -0.4 is 22.1 Å². The lowest BCUT2D eigenvalue weighted by Crippen LogP contribution is -2.51. The Morgan fingerprint density at radius 3 is 2.49 bits per heavy atom. The van der Waals surface area contributed by atoms with E-state index in [2.05, 4.69) is 22.2 Å². The van der Waals surface area contributed by atoms with E-state index in [9.17, 15) is 24.3 Å². The van der Waals surface area contributed by atoms with Gasteiger partial charge in [0.2, 0.25) is 23.6 Å². The molecule has 0 spiro atoms. The largest absolute Gasteiger partial charge is 0.508 e. The number of nitrogens with two attached hydrogens (primary N) is 2. The summed E-state index contributed by atoms with van der Waals surface area (Å²) in [6.07, 6.45) is 4.03. The highest BCUT2D eigenvalue weighted by molar-refractivity contribution is 5.95. The number of carbonyl (C=O) groups is 4. The molecule has 8 N–H and O–H groups in total. The summed E-state index contributed by atoms with van der Waals surface area (Å²) in [6.45, 7) is 7.96. The summed E-state index contributed by atoms with van der Waals surface area (Å²) in [7, 11) is 0. The summed E-state index contributed by atoms with van der Waals surface area (Å²) in [4.78, 5) is 57.6. The molecule has 4 amide bonds. The third-order valence-electron chi connectivity index (χ3n) is 8.80. The molecule has 1 aliphatic rings. The van der Waals surface area contributed by atoms with Crippen LogP contribution in [0.4, 0.5) is 0 Å². The lowest BCUT2D eigenvalue weighted by atomic mass is 9.96. The van der Waals surface area contributed by atoms with Crippen molar-refractivity contribution >= 4 is 34.5 Å². The monoisotopic (exact) mass is 640 g/mol. The van der Waals surface area contributed by atoms with E-state index in [0.717, 1.165) is 33.2 Å². The number of phenolic OH excluding ortho intramolecular Hbond substituents is 1. The van der Waals surface area contributed by atoms with Crippen molar-refractivity contribution < 1.29 is 28.7 Å². The van der Waals surface area contributed by atoms with Gasteiger partial charge in [-0.2, -0.15) is 0 Å². The number of H-pyrrole nitrogens is 1. The fourth-order valence-electron chi connectivity index (χ4n) is 6.20. The Bertz CT molecular complexity index is 1790. The maximum Gasteiger partial charge on any atom is 0.246 e. The van der Waals surface area contributed by atoms with E-state index in [-0.39, 0.29) is 41.9 Å². The zero-order valence-corrected chi connectivity index (χ0v) is 26.4. The second-order valence-electron chi connectivity index (χ2n) is 12.1. The molecular weight excluding hydrogens is 600 g/mol. The maximum atomic E-state index is 13.8. The molecule has 0 bridgehead atoms. The van der Waals surface area contributed by atoms with Crippen molar-refractivity contribution in [3.8, 4) is 5.75 Å². The molecule has 47 heavy (non-hydrogen) atoms. The molecule has 1 fully saturated rings. The van der Waals surface area contributed by atoms with Gasteiger partial charge in [-0.1, -0.05) is 24.8 Å². The minimum Gasteiger partial charge on any atom is -0.508 e. The van der Waals surface area contributed by atoms with E-state index in [0.29, 0.717) is 19.4 Å². The molecule has 1 aliphatic heterocycles. The van der Waals surface area contributed by atoms with Gasteiger partial charge in [0.1, 0.15) is 23.6 Å². The van der Waals surface area contributed by atoms with Crippen molar-refractivity contribution in [3.63, 3.8) is 0 Å². The number of hydrogen-bond acceptors (Lipinski definition) is 7. The topological polar surface area (TPSA) is 197 Å². The average Bonchev–Trinajstić information content (AvgIpc) is 3.82. The molecule has 5 rings (SSSR count). The van der Waals surface area contributed by atoms with Crippen molar-refractivity contribution in [2.75, 3.05) is 13.1 Å². The van der Waals surface area contributed by atoms with Crippen molar-refractivity contribution in [1.29, 1.82) is 0 Å². The van der Waals surface area contributed by atoms with Crippen molar-refractivity contribution in [1.82, 2.24) is 20.5 Å². The number of aryl methyl sites for hydroxylation is 2. The molecule has 0 saturated carbocycles. The van der Waals surface area contributed by atoms with Crippen LogP contribution in [0.25, 0.3) is 10.9 Å². The number of primary amides is 1. The third-order valence-corrected chi connectivity index (χ3v) is 8.80. The first kappa shape index (κ1) is 33.0. The van der Waals surface area contributed by atoms with Gasteiger partial charge in [-0.3, -0.25) is 19.2 Å². The number of aromatic nitrogens is 1. The molecule has 0 radical (unpaired) electrons. The summed E-state index contributed by atoms with van der Waals surface area (Å²) in [5, 5.41) is 16.4. The molecule has 3 heterocycles. The van der Waals surface area contributed by atoms with E-state index in [1.165, 1.54) is 6.26 Å². The molecule has 0 unspecified atom stereocenters. The number of nitrogens with one attached hydrogen (secondary N) is 3. The van der Waals surface area contributed by atoms with Gasteiger partial charge < -0.3 is 41.5 Å². The molecule has 0 aliphatic carbocycles. The van der Waals surface area contributed by atoms with E-state index in [1.807, 2.05) is 38.1 Å². The highest BCUT2D eigenvalue weighted by atomic mass is 16.3. The Morgan fingerprint density at radius 2 is 1.81 bits per heavy atom. The number of fused-ring (bicyclic) bond motifs is 1. The summed E-state index contributed by atoms with van der Waals surface area (Å²) in [6, 6.07) is 11.2. The highest BCUT2D eigenvalue weighted by Gasteiger charge is 2.36. The fourth-order valence-corrected chi connectivity index (χ4v) is 6.20. The number of furan rings is 1. The lowest BCUT2D eigenvalue weighted by molar-refractivity contribution is -0.133. The molecular formula is C35H40N6O6. The third kappa shape index (κ3) is 7.39. The predicted octanol–water partition coefficient (Wildman–Crippen LogP) is 2.43. The van der Waals surface area contributed by atoms with Crippen molar-refractivity contribution in [2.24, 2.45) is 17.4 Å². The van der Waals surface area contributed by atoms with Gasteiger partial charge in [0, 0.05) is 42.2 Å². The van der Waals surface area contributed by atoms with Crippen LogP contribution in [-0.2, 0) is 32.0 Å². The molecule has 2 aromatic heterocycles. The standard InChI is InChI=1S/C35H40N6O6/c1-19-13-24(42)14-20(2)26(19)16-27(36)35(46)41-11-10-22(18-41)33(44)39-29(15-23-17-38-28-8-5-4-7-25(23)28)34(45)40-31(21(3)32(37)43)30-9-6-12-47-30/h4-9,12-14,17,22,27,29,31,38,42H,3,10-11,15-16,18,36H2,1-2H3,(H2,37,43)(H,39,44)(H,40,45)/t22-,27-,29-,31+/m0/s1. The number of nitrogens with zero attached hydrogens (tertiary/aromatic N) is 1. The Kier molecular flexibility index (Phi) is 9.80. The van der Waals surface area contributed by atoms with E-state index in [1.54, 1.807) is 35.4 Å². The van der Waals surface area contributed by atoms with Crippen LogP contribution in [0.15, 0.2) is 77.6 Å². The van der Waals surface area contributed by atoms with Crippen LogP contribution >= 0.6 is 0 Å². The number of hydrogen-bond donors (Lipinski definition) is 6. The minimum absolute atomic E-state index is 0.0792. The van der Waals surface area contributed by atoms with Crippen LogP contribution in [0, 0.1) is 19.8 Å². The van der Waals surface area contributed by atoms with Crippen LogP contribution in [0.5, 0.6) is 5.75 Å². The van der Waals surface area contributed by atoms with Crippen LogP contribution in [0.2, 0.25) is 0 Å². The summed E-state index contributed by atoms with van der Waals surface area (Å²) < 4.78 is 5.45. The highest BCUT2D eigenvalue weighted by Crippen LogP contribution is 2.25. The van der Waals surface area contributed by atoms with Gasteiger partial charge in [-0.05, 0) is 79.3 Å². The van der Waals surface area contributed by atoms with Crippen LogP contribution in [0.3, 0.4) is 0 Å². The van der Waals surface area contributed by atoms with Crippen molar-refractivity contribution in [2.45, 2.75) is 51.2 Å². The number of phenols is 1. The Hall–Kier alpha value is -5.36. The SMILES string of the molecule is C=C(C(N)=O)[C@@H](NC(=O)[C@H](Cc1c[nH]c2ccccc12)NC(=O)[C@H]1CCN(C(=O)[C@@H](N)Cc2c(C)cc(O)cc2C)C1)c1ccco1. The van der Waals surface area contributed by atoms with E-state index < -0.39 is 35.9 Å². The van der Waals surface area contributed by atoms with Crippen LogP contribution in [-0.4, -0.2) is 63.8 Å². The smallest absolute Gasteiger partial charge is 0.246 e. The van der Waals surface area contributed by atoms with Gasteiger partial charge in [-0.25, -0.2) is 0 Å². The minimum atomic E-state index is -1.05. The predicted molar refractivity (Wildman–Crippen MR) is 176 cm³/mol. The van der Waals surface area contributed by atoms with Gasteiger partial charge >= 0.3 is 0 Å². The molecule has 1 saturated heterocycles. The molecule has 2 aromatic carbocycles. The molecule has 12 heteroatoms. The maximum absolute atomic E-state index is 13.8. The number of aromatic amines is 1.